The Morgan fingerprint density at radius 2 is 2.21 bits per heavy atom. The second kappa shape index (κ2) is 4.76. The average molecular weight is 234 g/mol. The van der Waals surface area contributed by atoms with Gasteiger partial charge < -0.3 is 0 Å². The molecule has 76 valence electrons. The fourth-order valence-corrected chi connectivity index (χ4v) is 1.39. The maximum Gasteiger partial charge on any atom is 0.141 e. The van der Waals surface area contributed by atoms with Gasteiger partial charge in [-0.2, -0.15) is 0 Å². The largest absolute Gasteiger partial charge is 0.293 e. The van der Waals surface area contributed by atoms with Crippen LogP contribution in [0, 0.1) is 17.1 Å². The standard InChI is InChI=1S/C10H10Cl2FN/c1-6(10(12)14)4-7-2-3-9(13)8(11)5-7/h2-3,5-6,14H,4H2,1H3. The van der Waals surface area contributed by atoms with Crippen molar-refractivity contribution in [3.05, 3.63) is 34.6 Å². The highest BCUT2D eigenvalue weighted by Gasteiger charge is 2.08. The molecule has 0 radical (unpaired) electrons. The Hall–Kier alpha value is -0.600. The van der Waals surface area contributed by atoms with Crippen molar-refractivity contribution in [2.75, 3.05) is 0 Å². The molecule has 1 unspecified atom stereocenters. The summed E-state index contributed by atoms with van der Waals surface area (Å²) in [6.07, 6.45) is 0.600. The molecule has 4 heteroatoms. The molecule has 14 heavy (non-hydrogen) atoms. The summed E-state index contributed by atoms with van der Waals surface area (Å²) >= 11 is 11.1. The van der Waals surface area contributed by atoms with Crippen molar-refractivity contribution in [3.8, 4) is 0 Å². The van der Waals surface area contributed by atoms with E-state index in [1.807, 2.05) is 6.92 Å². The molecule has 1 N–H and O–H groups in total. The van der Waals surface area contributed by atoms with Gasteiger partial charge >= 0.3 is 0 Å². The van der Waals surface area contributed by atoms with Crippen LogP contribution in [0.15, 0.2) is 18.2 Å². The van der Waals surface area contributed by atoms with E-state index in [4.69, 9.17) is 28.6 Å². The number of hydrogen-bond acceptors (Lipinski definition) is 1. The maximum atomic E-state index is 12.8. The van der Waals surface area contributed by atoms with Gasteiger partial charge in [0, 0.05) is 5.92 Å². The van der Waals surface area contributed by atoms with Crippen LogP contribution in [0.1, 0.15) is 12.5 Å². The Kier molecular flexibility index (Phi) is 3.90. The molecule has 1 atom stereocenters. The Bertz CT molecular complexity index is 352. The Labute approximate surface area is 92.3 Å². The van der Waals surface area contributed by atoms with E-state index in [1.54, 1.807) is 12.1 Å². The first kappa shape index (κ1) is 11.5. The summed E-state index contributed by atoms with van der Waals surface area (Å²) in [6.45, 7) is 1.84. The van der Waals surface area contributed by atoms with Crippen LogP contribution in [0.2, 0.25) is 5.02 Å². The van der Waals surface area contributed by atoms with Gasteiger partial charge in [-0.15, -0.1) is 0 Å². The van der Waals surface area contributed by atoms with Crippen LogP contribution < -0.4 is 0 Å². The van der Waals surface area contributed by atoms with Gasteiger partial charge in [0.25, 0.3) is 0 Å². The van der Waals surface area contributed by atoms with E-state index >= 15 is 0 Å². The minimum atomic E-state index is -0.427. The van der Waals surface area contributed by atoms with E-state index in [0.717, 1.165) is 5.56 Å². The fraction of sp³-hybridized carbons (Fsp3) is 0.300. The molecular formula is C10H10Cl2FN. The monoisotopic (exact) mass is 233 g/mol. The van der Waals surface area contributed by atoms with E-state index in [-0.39, 0.29) is 16.1 Å². The molecule has 1 rings (SSSR count). The highest BCUT2D eigenvalue weighted by molar-refractivity contribution is 6.64. The molecule has 0 aliphatic rings. The van der Waals surface area contributed by atoms with Gasteiger partial charge in [-0.05, 0) is 24.1 Å². The van der Waals surface area contributed by atoms with Crippen molar-refractivity contribution < 1.29 is 4.39 Å². The lowest BCUT2D eigenvalue weighted by Gasteiger charge is -2.08. The predicted octanol–water partition coefficient (Wildman–Crippen LogP) is 3.87. The summed E-state index contributed by atoms with van der Waals surface area (Å²) in [4.78, 5) is 0. The van der Waals surface area contributed by atoms with Crippen molar-refractivity contribution in [1.29, 1.82) is 5.41 Å². The van der Waals surface area contributed by atoms with Crippen LogP contribution in [0.5, 0.6) is 0 Å². The minimum Gasteiger partial charge on any atom is -0.293 e. The third-order valence-electron chi connectivity index (χ3n) is 1.96. The first-order chi connectivity index (χ1) is 6.50. The van der Waals surface area contributed by atoms with E-state index in [0.29, 0.717) is 6.42 Å². The van der Waals surface area contributed by atoms with Gasteiger partial charge in [-0.3, -0.25) is 5.41 Å². The molecule has 0 saturated carbocycles. The molecule has 0 heterocycles. The Morgan fingerprint density at radius 3 is 2.71 bits per heavy atom. The highest BCUT2D eigenvalue weighted by atomic mass is 35.5. The van der Waals surface area contributed by atoms with Gasteiger partial charge in [0.05, 0.1) is 5.02 Å². The van der Waals surface area contributed by atoms with Crippen LogP contribution >= 0.6 is 23.2 Å². The van der Waals surface area contributed by atoms with Gasteiger partial charge in [0.2, 0.25) is 0 Å². The van der Waals surface area contributed by atoms with Crippen molar-refractivity contribution in [2.45, 2.75) is 13.3 Å². The van der Waals surface area contributed by atoms with Gasteiger partial charge in [0.15, 0.2) is 0 Å². The Balaban J connectivity index is 2.78. The molecule has 0 saturated heterocycles. The summed E-state index contributed by atoms with van der Waals surface area (Å²) in [6, 6.07) is 4.53. The number of nitrogens with one attached hydrogen (secondary N) is 1. The van der Waals surface area contributed by atoms with Crippen LogP contribution in [-0.4, -0.2) is 5.17 Å². The van der Waals surface area contributed by atoms with Crippen LogP contribution in [-0.2, 0) is 6.42 Å². The normalized spacial score (nSPS) is 12.6. The molecule has 0 amide bonds. The van der Waals surface area contributed by atoms with Gasteiger partial charge in [-0.1, -0.05) is 36.2 Å². The van der Waals surface area contributed by atoms with Crippen molar-refractivity contribution in [1.82, 2.24) is 0 Å². The van der Waals surface area contributed by atoms with Gasteiger partial charge in [-0.25, -0.2) is 4.39 Å². The molecule has 0 fully saturated rings. The summed E-state index contributed by atoms with van der Waals surface area (Å²) in [7, 11) is 0. The second-order valence-electron chi connectivity index (χ2n) is 3.20. The van der Waals surface area contributed by atoms with Crippen LogP contribution in [0.3, 0.4) is 0 Å². The number of benzene rings is 1. The second-order valence-corrected chi connectivity index (χ2v) is 4.02. The first-order valence-electron chi connectivity index (χ1n) is 4.18. The number of rotatable bonds is 3. The molecule has 0 aliphatic carbocycles. The van der Waals surface area contributed by atoms with E-state index in [9.17, 15) is 4.39 Å². The molecule has 1 aromatic rings. The average Bonchev–Trinajstić information content (AvgIpc) is 2.11. The van der Waals surface area contributed by atoms with Crippen molar-refractivity contribution in [2.24, 2.45) is 5.92 Å². The van der Waals surface area contributed by atoms with E-state index < -0.39 is 5.82 Å². The third kappa shape index (κ3) is 2.96. The quantitative estimate of drug-likeness (QED) is 0.767. The summed E-state index contributed by atoms with van der Waals surface area (Å²) in [5, 5.41) is 7.41. The molecule has 0 bridgehead atoms. The predicted molar refractivity (Wildman–Crippen MR) is 57.9 cm³/mol. The molecular weight excluding hydrogens is 224 g/mol. The lowest BCUT2D eigenvalue weighted by molar-refractivity contribution is 0.626. The fourth-order valence-electron chi connectivity index (χ4n) is 1.11. The SMILES string of the molecule is CC(Cc1ccc(F)c(Cl)c1)C(=N)Cl. The van der Waals surface area contributed by atoms with Crippen LogP contribution in [0.25, 0.3) is 0 Å². The zero-order chi connectivity index (χ0) is 10.7. The molecule has 1 nitrogen and oxygen atoms in total. The molecule has 0 aliphatic heterocycles. The lowest BCUT2D eigenvalue weighted by Crippen LogP contribution is -2.06. The highest BCUT2D eigenvalue weighted by Crippen LogP contribution is 2.19. The Morgan fingerprint density at radius 1 is 1.57 bits per heavy atom. The van der Waals surface area contributed by atoms with E-state index in [1.165, 1.54) is 6.07 Å². The van der Waals surface area contributed by atoms with E-state index in [2.05, 4.69) is 0 Å². The summed E-state index contributed by atoms with van der Waals surface area (Å²) in [5.74, 6) is -0.484. The van der Waals surface area contributed by atoms with Crippen molar-refractivity contribution >= 4 is 28.4 Å². The van der Waals surface area contributed by atoms with Gasteiger partial charge in [0.1, 0.15) is 11.0 Å². The number of halogens is 3. The third-order valence-corrected chi connectivity index (χ3v) is 2.62. The molecule has 0 spiro atoms. The zero-order valence-corrected chi connectivity index (χ0v) is 9.16. The van der Waals surface area contributed by atoms with Crippen LogP contribution in [0.4, 0.5) is 4.39 Å². The first-order valence-corrected chi connectivity index (χ1v) is 4.94. The maximum absolute atomic E-state index is 12.8. The lowest BCUT2D eigenvalue weighted by atomic mass is 10.0. The topological polar surface area (TPSA) is 23.9 Å². The number of hydrogen-bond donors (Lipinski definition) is 1. The molecule has 1 aromatic carbocycles. The van der Waals surface area contributed by atoms with Crippen molar-refractivity contribution in [3.63, 3.8) is 0 Å². The summed E-state index contributed by atoms with van der Waals surface area (Å²) < 4.78 is 12.8. The molecule has 0 aromatic heterocycles. The minimum absolute atomic E-state index is 0.0572. The summed E-state index contributed by atoms with van der Waals surface area (Å²) in [5.41, 5.74) is 0.884. The smallest absolute Gasteiger partial charge is 0.141 e. The zero-order valence-electron chi connectivity index (χ0n) is 7.65.